The molecular weight excluding hydrogens is 224 g/mol. The van der Waals surface area contributed by atoms with Gasteiger partial charge in [0.2, 0.25) is 6.29 Å². The van der Waals surface area contributed by atoms with Gasteiger partial charge < -0.3 is 20.9 Å². The van der Waals surface area contributed by atoms with Crippen molar-refractivity contribution in [1.82, 2.24) is 0 Å². The maximum atomic E-state index is 5.99. The molecule has 1 aliphatic rings. The molecule has 0 aliphatic carbocycles. The summed E-state index contributed by atoms with van der Waals surface area (Å²) in [6, 6.07) is 1.84. The number of aryl methyl sites for hydroxylation is 1. The molecule has 0 spiro atoms. The lowest BCUT2D eigenvalue weighted by Crippen LogP contribution is -2.27. The molecule has 1 aromatic carbocycles. The Balaban J connectivity index is 2.35. The van der Waals surface area contributed by atoms with Gasteiger partial charge in [-0.25, -0.2) is 0 Å². The van der Waals surface area contributed by atoms with Gasteiger partial charge in [0, 0.05) is 6.61 Å². The van der Waals surface area contributed by atoms with Gasteiger partial charge in [0.05, 0.1) is 22.0 Å². The molecule has 0 amide bonds. The number of benzene rings is 1. The SMILES string of the molecule is CCOC1CSc2c(N)c(C)cc(N)c2O1. The van der Waals surface area contributed by atoms with E-state index in [-0.39, 0.29) is 6.29 Å². The molecule has 4 nitrogen and oxygen atoms in total. The highest BCUT2D eigenvalue weighted by molar-refractivity contribution is 7.99. The number of nitrogens with two attached hydrogens (primary N) is 2. The van der Waals surface area contributed by atoms with E-state index < -0.39 is 0 Å². The number of nitrogen functional groups attached to an aromatic ring is 2. The second kappa shape index (κ2) is 4.43. The van der Waals surface area contributed by atoms with Crippen molar-refractivity contribution in [2.24, 2.45) is 0 Å². The average Bonchev–Trinajstić information content (AvgIpc) is 2.27. The molecule has 0 aromatic heterocycles. The summed E-state index contributed by atoms with van der Waals surface area (Å²) in [5.41, 5.74) is 14.3. The fourth-order valence-electron chi connectivity index (χ4n) is 1.66. The highest BCUT2D eigenvalue weighted by Crippen LogP contribution is 2.45. The molecule has 0 fully saturated rings. The molecule has 1 aliphatic heterocycles. The molecular formula is C11H16N2O2S. The van der Waals surface area contributed by atoms with Crippen LogP contribution < -0.4 is 16.2 Å². The van der Waals surface area contributed by atoms with E-state index in [0.29, 0.717) is 18.0 Å². The first-order valence-electron chi connectivity index (χ1n) is 5.23. The Bertz CT molecular complexity index is 409. The molecule has 88 valence electrons. The third-order valence-electron chi connectivity index (χ3n) is 2.48. The van der Waals surface area contributed by atoms with Gasteiger partial charge in [-0.15, -0.1) is 11.8 Å². The van der Waals surface area contributed by atoms with Gasteiger partial charge in [0.25, 0.3) is 0 Å². The second-order valence-electron chi connectivity index (χ2n) is 3.67. The Hall–Kier alpha value is -1.07. The summed E-state index contributed by atoms with van der Waals surface area (Å²) in [4.78, 5) is 0.938. The predicted molar refractivity (Wildman–Crippen MR) is 66.8 cm³/mol. The monoisotopic (exact) mass is 240 g/mol. The molecule has 1 aromatic rings. The number of anilines is 2. The van der Waals surface area contributed by atoms with Crippen LogP contribution in [0.5, 0.6) is 5.75 Å². The van der Waals surface area contributed by atoms with Crippen LogP contribution >= 0.6 is 11.8 Å². The highest BCUT2D eigenvalue weighted by atomic mass is 32.2. The average molecular weight is 240 g/mol. The summed E-state index contributed by atoms with van der Waals surface area (Å²) < 4.78 is 11.1. The normalized spacial score (nSPS) is 19.0. The van der Waals surface area contributed by atoms with E-state index in [0.717, 1.165) is 21.9 Å². The molecule has 1 atom stereocenters. The number of hydrogen-bond acceptors (Lipinski definition) is 5. The number of rotatable bonds is 2. The van der Waals surface area contributed by atoms with E-state index in [2.05, 4.69) is 0 Å². The van der Waals surface area contributed by atoms with Crippen molar-refractivity contribution < 1.29 is 9.47 Å². The van der Waals surface area contributed by atoms with Gasteiger partial charge in [-0.1, -0.05) is 0 Å². The minimum atomic E-state index is -0.230. The Morgan fingerprint density at radius 1 is 1.56 bits per heavy atom. The smallest absolute Gasteiger partial charge is 0.209 e. The largest absolute Gasteiger partial charge is 0.461 e. The van der Waals surface area contributed by atoms with Gasteiger partial charge in [-0.2, -0.15) is 0 Å². The summed E-state index contributed by atoms with van der Waals surface area (Å²) >= 11 is 1.64. The summed E-state index contributed by atoms with van der Waals surface area (Å²) in [5, 5.41) is 0. The summed E-state index contributed by atoms with van der Waals surface area (Å²) in [7, 11) is 0. The van der Waals surface area contributed by atoms with Crippen LogP contribution in [0.25, 0.3) is 0 Å². The molecule has 16 heavy (non-hydrogen) atoms. The Labute approximate surface area is 99.3 Å². The minimum absolute atomic E-state index is 0.230. The molecule has 0 bridgehead atoms. The van der Waals surface area contributed by atoms with Crippen LogP contribution in [0.3, 0.4) is 0 Å². The van der Waals surface area contributed by atoms with Crippen LogP contribution in [0.2, 0.25) is 0 Å². The van der Waals surface area contributed by atoms with Crippen molar-refractivity contribution in [3.05, 3.63) is 11.6 Å². The molecule has 0 saturated carbocycles. The molecule has 1 unspecified atom stereocenters. The van der Waals surface area contributed by atoms with E-state index in [4.69, 9.17) is 20.9 Å². The van der Waals surface area contributed by atoms with Crippen molar-refractivity contribution in [3.8, 4) is 5.75 Å². The van der Waals surface area contributed by atoms with Gasteiger partial charge in [0.1, 0.15) is 0 Å². The van der Waals surface area contributed by atoms with E-state index in [9.17, 15) is 0 Å². The first-order chi connectivity index (χ1) is 7.63. The van der Waals surface area contributed by atoms with Gasteiger partial charge in [-0.05, 0) is 25.5 Å². The third-order valence-corrected chi connectivity index (χ3v) is 3.61. The Kier molecular flexibility index (Phi) is 3.16. The topological polar surface area (TPSA) is 70.5 Å². The van der Waals surface area contributed by atoms with Crippen molar-refractivity contribution in [3.63, 3.8) is 0 Å². The van der Waals surface area contributed by atoms with E-state index >= 15 is 0 Å². The number of fused-ring (bicyclic) bond motifs is 1. The molecule has 2 rings (SSSR count). The summed E-state index contributed by atoms with van der Waals surface area (Å²) in [6.45, 7) is 4.51. The lowest BCUT2D eigenvalue weighted by molar-refractivity contribution is -0.0609. The van der Waals surface area contributed by atoms with Crippen LogP contribution in [0, 0.1) is 6.92 Å². The fourth-order valence-corrected chi connectivity index (χ4v) is 2.74. The van der Waals surface area contributed by atoms with Gasteiger partial charge in [0.15, 0.2) is 5.75 Å². The van der Waals surface area contributed by atoms with Gasteiger partial charge in [-0.3, -0.25) is 0 Å². The zero-order chi connectivity index (χ0) is 11.7. The van der Waals surface area contributed by atoms with E-state index in [1.807, 2.05) is 19.9 Å². The maximum Gasteiger partial charge on any atom is 0.209 e. The second-order valence-corrected chi connectivity index (χ2v) is 4.70. The molecule has 5 heteroatoms. The summed E-state index contributed by atoms with van der Waals surface area (Å²) in [6.07, 6.45) is -0.230. The lowest BCUT2D eigenvalue weighted by Gasteiger charge is -2.27. The Morgan fingerprint density at radius 3 is 3.00 bits per heavy atom. The fraction of sp³-hybridized carbons (Fsp3) is 0.455. The number of ether oxygens (including phenoxy) is 2. The zero-order valence-corrected chi connectivity index (χ0v) is 10.3. The Morgan fingerprint density at radius 2 is 2.31 bits per heavy atom. The third kappa shape index (κ3) is 1.92. The standard InChI is InChI=1S/C11H16N2O2S/c1-3-14-8-5-16-11-9(13)6(2)4-7(12)10(11)15-8/h4,8H,3,5,12-13H2,1-2H3. The van der Waals surface area contributed by atoms with Crippen LogP contribution in [0.1, 0.15) is 12.5 Å². The molecule has 4 N–H and O–H groups in total. The first kappa shape index (κ1) is 11.4. The number of hydrogen-bond donors (Lipinski definition) is 2. The predicted octanol–water partition coefficient (Wildman–Crippen LogP) is 2.01. The van der Waals surface area contributed by atoms with Crippen LogP contribution in [0.4, 0.5) is 11.4 Å². The van der Waals surface area contributed by atoms with Crippen molar-refractivity contribution in [2.45, 2.75) is 25.0 Å². The van der Waals surface area contributed by atoms with Crippen LogP contribution in [-0.4, -0.2) is 18.6 Å². The molecule has 0 saturated heterocycles. The quantitative estimate of drug-likeness (QED) is 0.774. The van der Waals surface area contributed by atoms with Gasteiger partial charge >= 0.3 is 0 Å². The first-order valence-corrected chi connectivity index (χ1v) is 6.21. The maximum absolute atomic E-state index is 5.99. The van der Waals surface area contributed by atoms with Crippen molar-refractivity contribution >= 4 is 23.1 Å². The van der Waals surface area contributed by atoms with Crippen molar-refractivity contribution in [2.75, 3.05) is 23.8 Å². The van der Waals surface area contributed by atoms with Crippen LogP contribution in [0.15, 0.2) is 11.0 Å². The van der Waals surface area contributed by atoms with Crippen molar-refractivity contribution in [1.29, 1.82) is 0 Å². The van der Waals surface area contributed by atoms with E-state index in [1.54, 1.807) is 11.8 Å². The molecule has 0 radical (unpaired) electrons. The summed E-state index contributed by atoms with van der Waals surface area (Å²) in [5.74, 6) is 1.41. The van der Waals surface area contributed by atoms with Crippen LogP contribution in [-0.2, 0) is 4.74 Å². The molecule has 1 heterocycles. The zero-order valence-electron chi connectivity index (χ0n) is 9.45. The number of thioether (sulfide) groups is 1. The minimum Gasteiger partial charge on any atom is -0.461 e. The highest BCUT2D eigenvalue weighted by Gasteiger charge is 2.25. The van der Waals surface area contributed by atoms with E-state index in [1.165, 1.54) is 0 Å². The lowest BCUT2D eigenvalue weighted by atomic mass is 10.1.